The fourth-order valence-corrected chi connectivity index (χ4v) is 2.20. The third-order valence-electron chi connectivity index (χ3n) is 3.47. The molecule has 2 rings (SSSR count). The van der Waals surface area contributed by atoms with E-state index in [9.17, 15) is 4.79 Å². The second-order valence-corrected chi connectivity index (χ2v) is 5.06. The molecule has 0 radical (unpaired) electrons. The quantitative estimate of drug-likeness (QED) is 0.877. The molecule has 1 amide bonds. The summed E-state index contributed by atoms with van der Waals surface area (Å²) in [5.74, 6) is -0.0623. The fraction of sp³-hybridized carbons (Fsp3) is 0.235. The van der Waals surface area contributed by atoms with Crippen LogP contribution in [0.25, 0.3) is 11.1 Å². The number of benzene rings is 2. The second-order valence-electron chi connectivity index (χ2n) is 5.06. The number of nitrogens with zero attached hydrogens (tertiary/aromatic N) is 1. The molecule has 0 bridgehead atoms. The molecule has 4 heteroatoms. The van der Waals surface area contributed by atoms with Crippen molar-refractivity contribution >= 4 is 5.91 Å². The van der Waals surface area contributed by atoms with Gasteiger partial charge < -0.3 is 16.4 Å². The minimum absolute atomic E-state index is 0.0384. The summed E-state index contributed by atoms with van der Waals surface area (Å²) in [5, 5.41) is 0. The lowest BCUT2D eigenvalue weighted by molar-refractivity contribution is -0.128. The van der Waals surface area contributed by atoms with Crippen LogP contribution < -0.4 is 11.5 Å². The van der Waals surface area contributed by atoms with E-state index in [0.29, 0.717) is 13.1 Å². The summed E-state index contributed by atoms with van der Waals surface area (Å²) >= 11 is 0. The van der Waals surface area contributed by atoms with E-state index >= 15 is 0 Å². The van der Waals surface area contributed by atoms with Gasteiger partial charge in [-0.1, -0.05) is 42.5 Å². The van der Waals surface area contributed by atoms with Gasteiger partial charge in [0.15, 0.2) is 0 Å². The van der Waals surface area contributed by atoms with Crippen molar-refractivity contribution in [2.24, 2.45) is 11.5 Å². The molecule has 4 nitrogen and oxygen atoms in total. The molecule has 0 saturated heterocycles. The van der Waals surface area contributed by atoms with Crippen LogP contribution in [0.2, 0.25) is 0 Å². The number of hydrogen-bond acceptors (Lipinski definition) is 3. The first-order valence-corrected chi connectivity index (χ1v) is 6.96. The lowest BCUT2D eigenvalue weighted by Gasteiger charge is -2.16. The van der Waals surface area contributed by atoms with Crippen molar-refractivity contribution in [1.82, 2.24) is 4.90 Å². The van der Waals surface area contributed by atoms with Crippen LogP contribution in [0.15, 0.2) is 48.5 Å². The molecule has 4 N–H and O–H groups in total. The predicted octanol–water partition coefficient (Wildman–Crippen LogP) is 1.73. The van der Waals surface area contributed by atoms with Crippen molar-refractivity contribution in [1.29, 1.82) is 0 Å². The standard InChI is InChI=1S/C17H21N3O/c1-20(17(21)11-19)12-14-3-2-4-16(9-14)15-7-5-13(10-18)6-8-15/h2-9H,10-12,18-19H2,1H3. The van der Waals surface area contributed by atoms with Gasteiger partial charge in [-0.15, -0.1) is 0 Å². The fourth-order valence-electron chi connectivity index (χ4n) is 2.20. The summed E-state index contributed by atoms with van der Waals surface area (Å²) in [4.78, 5) is 13.2. The zero-order valence-electron chi connectivity index (χ0n) is 12.3. The van der Waals surface area contributed by atoms with Gasteiger partial charge in [-0.25, -0.2) is 0 Å². The van der Waals surface area contributed by atoms with E-state index in [1.807, 2.05) is 24.3 Å². The van der Waals surface area contributed by atoms with E-state index in [1.54, 1.807) is 11.9 Å². The number of amides is 1. The first kappa shape index (κ1) is 15.2. The second kappa shape index (κ2) is 7.02. The number of carbonyl (C=O) groups excluding carboxylic acids is 1. The summed E-state index contributed by atoms with van der Waals surface area (Å²) in [5.41, 5.74) is 15.5. The van der Waals surface area contributed by atoms with Crippen molar-refractivity contribution < 1.29 is 4.79 Å². The average molecular weight is 283 g/mol. The molecule has 2 aromatic rings. The topological polar surface area (TPSA) is 72.3 Å². The van der Waals surface area contributed by atoms with Gasteiger partial charge in [0.05, 0.1) is 6.54 Å². The Balaban J connectivity index is 2.18. The first-order valence-electron chi connectivity index (χ1n) is 6.96. The van der Waals surface area contributed by atoms with Gasteiger partial charge in [-0.2, -0.15) is 0 Å². The maximum atomic E-state index is 11.5. The van der Waals surface area contributed by atoms with Gasteiger partial charge in [0, 0.05) is 20.1 Å². The Morgan fingerprint density at radius 2 is 1.71 bits per heavy atom. The molecule has 110 valence electrons. The lowest BCUT2D eigenvalue weighted by atomic mass is 10.0. The molecular weight excluding hydrogens is 262 g/mol. The maximum absolute atomic E-state index is 11.5. The predicted molar refractivity (Wildman–Crippen MR) is 85.3 cm³/mol. The molecule has 21 heavy (non-hydrogen) atoms. The number of hydrogen-bond donors (Lipinski definition) is 2. The Bertz CT molecular complexity index is 608. The third-order valence-corrected chi connectivity index (χ3v) is 3.47. The SMILES string of the molecule is CN(Cc1cccc(-c2ccc(CN)cc2)c1)C(=O)CN. The van der Waals surface area contributed by atoms with E-state index in [2.05, 4.69) is 24.3 Å². The molecule has 0 fully saturated rings. The Kier molecular flexibility index (Phi) is 5.09. The molecule has 0 aliphatic heterocycles. The minimum atomic E-state index is -0.0623. The highest BCUT2D eigenvalue weighted by Gasteiger charge is 2.07. The van der Waals surface area contributed by atoms with E-state index in [1.165, 1.54) is 0 Å². The van der Waals surface area contributed by atoms with Crippen molar-refractivity contribution in [3.63, 3.8) is 0 Å². The summed E-state index contributed by atoms with van der Waals surface area (Å²) in [6.45, 7) is 1.15. The molecule has 0 spiro atoms. The number of rotatable bonds is 5. The molecule has 0 aliphatic carbocycles. The number of carbonyl (C=O) groups is 1. The molecule has 0 saturated carbocycles. The largest absolute Gasteiger partial charge is 0.340 e. The van der Waals surface area contributed by atoms with Crippen LogP contribution in [0.5, 0.6) is 0 Å². The smallest absolute Gasteiger partial charge is 0.236 e. The Hall–Kier alpha value is -2.17. The first-order chi connectivity index (χ1) is 10.1. The van der Waals surface area contributed by atoms with Crippen LogP contribution in [0.3, 0.4) is 0 Å². The summed E-state index contributed by atoms with van der Waals surface area (Å²) in [6, 6.07) is 16.4. The summed E-state index contributed by atoms with van der Waals surface area (Å²) < 4.78 is 0. The Morgan fingerprint density at radius 3 is 2.33 bits per heavy atom. The monoisotopic (exact) mass is 283 g/mol. The van der Waals surface area contributed by atoms with E-state index < -0.39 is 0 Å². The third kappa shape index (κ3) is 3.90. The molecule has 0 heterocycles. The van der Waals surface area contributed by atoms with E-state index in [-0.39, 0.29) is 12.5 Å². The highest BCUT2D eigenvalue weighted by molar-refractivity contribution is 5.77. The highest BCUT2D eigenvalue weighted by atomic mass is 16.2. The highest BCUT2D eigenvalue weighted by Crippen LogP contribution is 2.21. The summed E-state index contributed by atoms with van der Waals surface area (Å²) in [6.07, 6.45) is 0. The normalized spacial score (nSPS) is 10.4. The van der Waals surface area contributed by atoms with Crippen molar-refractivity contribution in [3.8, 4) is 11.1 Å². The van der Waals surface area contributed by atoms with Gasteiger partial charge >= 0.3 is 0 Å². The van der Waals surface area contributed by atoms with Crippen molar-refractivity contribution in [2.75, 3.05) is 13.6 Å². The van der Waals surface area contributed by atoms with E-state index in [4.69, 9.17) is 11.5 Å². The number of likely N-dealkylation sites (N-methyl/N-ethyl adjacent to an activating group) is 1. The van der Waals surface area contributed by atoms with Crippen molar-refractivity contribution in [2.45, 2.75) is 13.1 Å². The van der Waals surface area contributed by atoms with Gasteiger partial charge in [0.1, 0.15) is 0 Å². The van der Waals surface area contributed by atoms with Gasteiger partial charge in [-0.3, -0.25) is 4.79 Å². The maximum Gasteiger partial charge on any atom is 0.236 e. The number of nitrogens with two attached hydrogens (primary N) is 2. The summed E-state index contributed by atoms with van der Waals surface area (Å²) in [7, 11) is 1.76. The van der Waals surface area contributed by atoms with Crippen LogP contribution in [0.1, 0.15) is 11.1 Å². The van der Waals surface area contributed by atoms with Gasteiger partial charge in [-0.05, 0) is 28.3 Å². The zero-order chi connectivity index (χ0) is 15.2. The molecular formula is C17H21N3O. The van der Waals surface area contributed by atoms with E-state index in [0.717, 1.165) is 22.3 Å². The zero-order valence-corrected chi connectivity index (χ0v) is 12.3. The minimum Gasteiger partial charge on any atom is -0.340 e. The van der Waals surface area contributed by atoms with Crippen molar-refractivity contribution in [3.05, 3.63) is 59.7 Å². The lowest BCUT2D eigenvalue weighted by Crippen LogP contribution is -2.32. The molecule has 0 aliphatic rings. The van der Waals surface area contributed by atoms with Crippen LogP contribution in [0.4, 0.5) is 0 Å². The van der Waals surface area contributed by atoms with Crippen LogP contribution in [-0.2, 0) is 17.9 Å². The van der Waals surface area contributed by atoms with Crippen LogP contribution >= 0.6 is 0 Å². The molecule has 0 aromatic heterocycles. The van der Waals surface area contributed by atoms with Gasteiger partial charge in [0.2, 0.25) is 5.91 Å². The van der Waals surface area contributed by atoms with Crippen LogP contribution in [-0.4, -0.2) is 24.4 Å². The molecule has 0 unspecified atom stereocenters. The average Bonchev–Trinajstić information content (AvgIpc) is 2.54. The van der Waals surface area contributed by atoms with Gasteiger partial charge in [0.25, 0.3) is 0 Å². The Labute approximate surface area is 125 Å². The molecule has 0 atom stereocenters. The van der Waals surface area contributed by atoms with Crippen LogP contribution in [0, 0.1) is 0 Å². The molecule has 2 aromatic carbocycles. The Morgan fingerprint density at radius 1 is 1.00 bits per heavy atom.